The third kappa shape index (κ3) is 4.05. The molecule has 1 aromatic carbocycles. The van der Waals surface area contributed by atoms with Crippen LogP contribution in [0.5, 0.6) is 0 Å². The second-order valence-corrected chi connectivity index (χ2v) is 4.39. The van der Waals surface area contributed by atoms with E-state index in [0.29, 0.717) is 18.1 Å². The van der Waals surface area contributed by atoms with Gasteiger partial charge in [0.1, 0.15) is 0 Å². The van der Waals surface area contributed by atoms with Gasteiger partial charge in [0, 0.05) is 25.5 Å². The number of nitrogens with zero attached hydrogens (tertiary/aromatic N) is 2. The largest absolute Gasteiger partial charge is 0.354 e. The van der Waals surface area contributed by atoms with Crippen LogP contribution in [0.4, 0.5) is 5.95 Å². The Kier molecular flexibility index (Phi) is 5.06. The van der Waals surface area contributed by atoms with E-state index in [2.05, 4.69) is 27.5 Å². The van der Waals surface area contributed by atoms with E-state index in [4.69, 9.17) is 0 Å². The van der Waals surface area contributed by atoms with E-state index >= 15 is 0 Å². The maximum atomic E-state index is 11.9. The van der Waals surface area contributed by atoms with E-state index in [0.717, 1.165) is 18.5 Å². The molecule has 2 aromatic rings. The van der Waals surface area contributed by atoms with E-state index in [1.165, 1.54) is 12.4 Å². The zero-order valence-corrected chi connectivity index (χ0v) is 11.5. The number of carbonyl (C=O) groups excluding carboxylic acids is 1. The molecule has 0 spiro atoms. The Bertz CT molecular complexity index is 540. The van der Waals surface area contributed by atoms with Gasteiger partial charge in [-0.25, -0.2) is 9.97 Å². The van der Waals surface area contributed by atoms with Crippen LogP contribution < -0.4 is 10.6 Å². The van der Waals surface area contributed by atoms with Crippen molar-refractivity contribution in [3.05, 3.63) is 53.9 Å². The summed E-state index contributed by atoms with van der Waals surface area (Å²) in [6.07, 6.45) is 4.07. The van der Waals surface area contributed by atoms with E-state index < -0.39 is 0 Å². The summed E-state index contributed by atoms with van der Waals surface area (Å²) < 4.78 is 0. The number of hydrogen-bond acceptors (Lipinski definition) is 4. The first-order valence-electron chi connectivity index (χ1n) is 6.67. The first kappa shape index (κ1) is 14.0. The molecule has 0 unspecified atom stereocenters. The number of anilines is 1. The minimum absolute atomic E-state index is 0.170. The molecule has 5 nitrogen and oxygen atoms in total. The Balaban J connectivity index is 1.89. The minimum Gasteiger partial charge on any atom is -0.354 e. The van der Waals surface area contributed by atoms with Crippen molar-refractivity contribution >= 4 is 11.9 Å². The summed E-state index contributed by atoms with van der Waals surface area (Å²) in [7, 11) is 0. The maximum Gasteiger partial charge on any atom is 0.254 e. The predicted molar refractivity (Wildman–Crippen MR) is 78.4 cm³/mol. The molecule has 2 rings (SSSR count). The fourth-order valence-corrected chi connectivity index (χ4v) is 1.65. The molecule has 5 heteroatoms. The van der Waals surface area contributed by atoms with Gasteiger partial charge >= 0.3 is 0 Å². The second-order valence-electron chi connectivity index (χ2n) is 4.39. The Labute approximate surface area is 118 Å². The number of hydrogen-bond donors (Lipinski definition) is 2. The molecule has 2 N–H and O–H groups in total. The summed E-state index contributed by atoms with van der Waals surface area (Å²) in [4.78, 5) is 20.2. The lowest BCUT2D eigenvalue weighted by molar-refractivity contribution is 0.0950. The molecule has 1 heterocycles. The van der Waals surface area contributed by atoms with Crippen molar-refractivity contribution in [1.82, 2.24) is 15.3 Å². The molecule has 0 radical (unpaired) electrons. The number of rotatable bonds is 6. The lowest BCUT2D eigenvalue weighted by Crippen LogP contribution is -2.23. The van der Waals surface area contributed by atoms with Gasteiger partial charge < -0.3 is 10.6 Å². The van der Waals surface area contributed by atoms with E-state index in [-0.39, 0.29) is 5.91 Å². The topological polar surface area (TPSA) is 66.9 Å². The zero-order valence-electron chi connectivity index (χ0n) is 11.5. The SMILES string of the molecule is CCCNc1ncc(C(=O)NCc2ccccc2)cn1. The van der Waals surface area contributed by atoms with Crippen LogP contribution in [0.2, 0.25) is 0 Å². The predicted octanol–water partition coefficient (Wildman–Crippen LogP) is 2.23. The van der Waals surface area contributed by atoms with Crippen LogP contribution in [0.1, 0.15) is 29.3 Å². The van der Waals surface area contributed by atoms with Gasteiger partial charge in [0.05, 0.1) is 5.56 Å². The molecular formula is C15H18N4O. The van der Waals surface area contributed by atoms with Crippen LogP contribution in [-0.2, 0) is 6.54 Å². The Morgan fingerprint density at radius 3 is 2.50 bits per heavy atom. The van der Waals surface area contributed by atoms with Gasteiger partial charge in [0.25, 0.3) is 5.91 Å². The Morgan fingerprint density at radius 1 is 1.15 bits per heavy atom. The summed E-state index contributed by atoms with van der Waals surface area (Å²) in [5.74, 6) is 0.377. The summed E-state index contributed by atoms with van der Waals surface area (Å²) in [6, 6.07) is 9.77. The number of nitrogens with one attached hydrogen (secondary N) is 2. The van der Waals surface area contributed by atoms with Crippen LogP contribution in [0, 0.1) is 0 Å². The lowest BCUT2D eigenvalue weighted by Gasteiger charge is -2.06. The van der Waals surface area contributed by atoms with Crippen LogP contribution in [-0.4, -0.2) is 22.4 Å². The molecule has 1 amide bonds. The van der Waals surface area contributed by atoms with Gasteiger partial charge in [-0.3, -0.25) is 4.79 Å². The van der Waals surface area contributed by atoms with Crippen LogP contribution in [0.15, 0.2) is 42.7 Å². The van der Waals surface area contributed by atoms with Gasteiger partial charge in [-0.05, 0) is 12.0 Å². The molecule has 1 aromatic heterocycles. The van der Waals surface area contributed by atoms with Crippen LogP contribution in [0.25, 0.3) is 0 Å². The van der Waals surface area contributed by atoms with Crippen molar-refractivity contribution < 1.29 is 4.79 Å². The molecule has 20 heavy (non-hydrogen) atoms. The number of benzene rings is 1. The molecule has 0 aliphatic rings. The first-order chi connectivity index (χ1) is 9.79. The lowest BCUT2D eigenvalue weighted by atomic mass is 10.2. The highest BCUT2D eigenvalue weighted by molar-refractivity contribution is 5.93. The average Bonchev–Trinajstić information content (AvgIpc) is 2.52. The highest BCUT2D eigenvalue weighted by Crippen LogP contribution is 2.02. The van der Waals surface area contributed by atoms with Gasteiger partial charge in [0.2, 0.25) is 5.95 Å². The number of carbonyl (C=O) groups is 1. The molecule has 0 bridgehead atoms. The summed E-state index contributed by atoms with van der Waals surface area (Å²) in [6.45, 7) is 3.38. The molecule has 0 aliphatic heterocycles. The van der Waals surface area contributed by atoms with E-state index in [1.54, 1.807) is 0 Å². The van der Waals surface area contributed by atoms with Crippen molar-refractivity contribution in [1.29, 1.82) is 0 Å². The van der Waals surface area contributed by atoms with Crippen molar-refractivity contribution in [2.45, 2.75) is 19.9 Å². The minimum atomic E-state index is -0.170. The second kappa shape index (κ2) is 7.23. The smallest absolute Gasteiger partial charge is 0.254 e. The first-order valence-corrected chi connectivity index (χ1v) is 6.67. The van der Waals surface area contributed by atoms with Gasteiger partial charge in [-0.2, -0.15) is 0 Å². The standard InChI is InChI=1S/C15H18N4O/c1-2-8-16-15-18-10-13(11-19-15)14(20)17-9-12-6-4-3-5-7-12/h3-7,10-11H,2,8-9H2,1H3,(H,17,20)(H,16,18,19). The van der Waals surface area contributed by atoms with Crippen LogP contribution in [0.3, 0.4) is 0 Å². The normalized spacial score (nSPS) is 10.1. The third-order valence-electron chi connectivity index (χ3n) is 2.74. The maximum absolute atomic E-state index is 11.9. The molecular weight excluding hydrogens is 252 g/mol. The Morgan fingerprint density at radius 2 is 1.85 bits per heavy atom. The summed E-state index contributed by atoms with van der Waals surface area (Å²) >= 11 is 0. The molecule has 0 saturated heterocycles. The summed E-state index contributed by atoms with van der Waals surface area (Å²) in [5, 5.41) is 5.90. The van der Waals surface area contributed by atoms with Crippen molar-refractivity contribution in [3.63, 3.8) is 0 Å². The van der Waals surface area contributed by atoms with Crippen molar-refractivity contribution in [2.75, 3.05) is 11.9 Å². The molecule has 0 aliphatic carbocycles. The molecule has 0 fully saturated rings. The number of aromatic nitrogens is 2. The molecule has 104 valence electrons. The fraction of sp³-hybridized carbons (Fsp3) is 0.267. The number of amides is 1. The average molecular weight is 270 g/mol. The monoisotopic (exact) mass is 270 g/mol. The highest BCUT2D eigenvalue weighted by Gasteiger charge is 2.06. The fourth-order valence-electron chi connectivity index (χ4n) is 1.65. The van der Waals surface area contributed by atoms with E-state index in [9.17, 15) is 4.79 Å². The summed E-state index contributed by atoms with van der Waals surface area (Å²) in [5.41, 5.74) is 1.52. The highest BCUT2D eigenvalue weighted by atomic mass is 16.1. The van der Waals surface area contributed by atoms with Crippen LogP contribution >= 0.6 is 0 Å². The van der Waals surface area contributed by atoms with Gasteiger partial charge in [0.15, 0.2) is 0 Å². The zero-order chi connectivity index (χ0) is 14.2. The van der Waals surface area contributed by atoms with Gasteiger partial charge in [-0.1, -0.05) is 37.3 Å². The molecule has 0 atom stereocenters. The van der Waals surface area contributed by atoms with E-state index in [1.807, 2.05) is 30.3 Å². The Hall–Kier alpha value is -2.43. The van der Waals surface area contributed by atoms with Crippen molar-refractivity contribution in [2.24, 2.45) is 0 Å². The molecule has 0 saturated carbocycles. The quantitative estimate of drug-likeness (QED) is 0.844. The van der Waals surface area contributed by atoms with Crippen molar-refractivity contribution in [3.8, 4) is 0 Å². The van der Waals surface area contributed by atoms with Gasteiger partial charge in [-0.15, -0.1) is 0 Å². The third-order valence-corrected chi connectivity index (χ3v) is 2.74.